The molecule has 0 spiro atoms. The summed E-state index contributed by atoms with van der Waals surface area (Å²) in [6, 6.07) is 21.4. The Morgan fingerprint density at radius 3 is 2.24 bits per heavy atom. The molecule has 0 aliphatic heterocycles. The number of nitrogens with two attached hydrogens (primary N) is 1. The molecular weight excluding hydrogens is 366 g/mol. The fraction of sp³-hybridized carbons (Fsp3) is 0. The first-order valence-electron chi connectivity index (χ1n) is 8.64. The van der Waals surface area contributed by atoms with Gasteiger partial charge >= 0.3 is 0 Å². The van der Waals surface area contributed by atoms with Crippen molar-refractivity contribution in [2.45, 2.75) is 0 Å². The lowest BCUT2D eigenvalue weighted by Gasteiger charge is -2.10. The van der Waals surface area contributed by atoms with Crippen LogP contribution in [0.15, 0.2) is 71.9 Å². The monoisotopic (exact) mass is 381 g/mol. The van der Waals surface area contributed by atoms with E-state index in [1.165, 1.54) is 17.2 Å². The van der Waals surface area contributed by atoms with E-state index in [1.807, 2.05) is 66.7 Å². The van der Waals surface area contributed by atoms with Crippen molar-refractivity contribution in [3.8, 4) is 34.5 Å². The fourth-order valence-corrected chi connectivity index (χ4v) is 2.78. The third-order valence-corrected chi connectivity index (χ3v) is 4.09. The lowest BCUT2D eigenvalue weighted by atomic mass is 10.0. The van der Waals surface area contributed by atoms with Gasteiger partial charge < -0.3 is 5.43 Å². The molecule has 0 radical (unpaired) electrons. The fourth-order valence-electron chi connectivity index (χ4n) is 2.78. The zero-order chi connectivity index (χ0) is 20.1. The number of benzene rings is 2. The summed E-state index contributed by atoms with van der Waals surface area (Å²) in [6.07, 6.45) is 2.64. The van der Waals surface area contributed by atoms with Gasteiger partial charge in [-0.15, -0.1) is 10.2 Å². The van der Waals surface area contributed by atoms with E-state index in [0.29, 0.717) is 11.4 Å². The zero-order valence-corrected chi connectivity index (χ0v) is 15.1. The van der Waals surface area contributed by atoms with Crippen LogP contribution in [0.25, 0.3) is 28.5 Å². The van der Waals surface area contributed by atoms with Crippen molar-refractivity contribution in [2.75, 3.05) is 0 Å². The normalized spacial score (nSPS) is 10.8. The molecule has 0 aliphatic carbocycles. The van der Waals surface area contributed by atoms with Crippen molar-refractivity contribution in [1.82, 2.24) is 30.4 Å². The number of hydrogen-bond acceptors (Lipinski definition) is 7. The molecule has 0 amide bonds. The summed E-state index contributed by atoms with van der Waals surface area (Å²) in [4.78, 5) is 8.82. The summed E-state index contributed by atoms with van der Waals surface area (Å²) >= 11 is 0. The summed E-state index contributed by atoms with van der Waals surface area (Å²) in [7, 11) is 0. The van der Waals surface area contributed by atoms with Gasteiger partial charge in [0.25, 0.3) is 5.95 Å². The van der Waals surface area contributed by atoms with Crippen LogP contribution in [0.5, 0.6) is 0 Å². The van der Waals surface area contributed by atoms with Gasteiger partial charge in [0.15, 0.2) is 5.82 Å². The molecule has 29 heavy (non-hydrogen) atoms. The van der Waals surface area contributed by atoms with Gasteiger partial charge in [-0.05, 0) is 0 Å². The van der Waals surface area contributed by atoms with E-state index >= 15 is 0 Å². The Morgan fingerprint density at radius 1 is 0.966 bits per heavy atom. The van der Waals surface area contributed by atoms with Gasteiger partial charge in [-0.25, -0.2) is 15.8 Å². The van der Waals surface area contributed by atoms with Crippen LogP contribution in [0.1, 0.15) is 5.56 Å². The Kier molecular flexibility index (Phi) is 5.00. The lowest BCUT2D eigenvalue weighted by Crippen LogP contribution is -2.19. The minimum Gasteiger partial charge on any atom is -0.315 e. The molecule has 4 rings (SSSR count). The Morgan fingerprint density at radius 2 is 1.62 bits per heavy atom. The molecule has 9 heteroatoms. The average Bonchev–Trinajstić information content (AvgIpc) is 3.21. The number of aromatic nitrogens is 5. The molecule has 0 fully saturated rings. The number of aliphatic imine (C=N–C) groups is 1. The van der Waals surface area contributed by atoms with Gasteiger partial charge in [0.05, 0.1) is 6.20 Å². The Hall–Kier alpha value is -4.42. The maximum Gasteiger partial charge on any atom is 0.272 e. The quantitative estimate of drug-likeness (QED) is 0.235. The second-order valence-corrected chi connectivity index (χ2v) is 5.87. The third-order valence-electron chi connectivity index (χ3n) is 4.09. The van der Waals surface area contributed by atoms with Crippen molar-refractivity contribution in [2.24, 2.45) is 10.8 Å². The van der Waals surface area contributed by atoms with Crippen LogP contribution in [0.4, 0.5) is 5.82 Å². The van der Waals surface area contributed by atoms with Gasteiger partial charge in [0, 0.05) is 11.1 Å². The van der Waals surface area contributed by atoms with E-state index in [1.54, 1.807) is 0 Å². The van der Waals surface area contributed by atoms with Gasteiger partial charge in [0.2, 0.25) is 0 Å². The van der Waals surface area contributed by atoms with Crippen molar-refractivity contribution >= 4 is 12.2 Å². The molecule has 0 atom stereocenters. The Bertz CT molecular complexity index is 1190. The molecule has 0 saturated heterocycles. The molecule has 140 valence electrons. The standard InChI is InChI=1S/C20H15N9/c21-11-16-12-25-29(19(16)23-13-24-22)20-26-17(14-7-3-1-4-8-14)18(27-28-20)15-9-5-2-6-10-15/h1-10,12-13H,22H2,(H,23,24). The average molecular weight is 381 g/mol. The first-order valence-corrected chi connectivity index (χ1v) is 8.64. The number of nitriles is 1. The highest BCUT2D eigenvalue weighted by molar-refractivity contribution is 5.77. The third kappa shape index (κ3) is 3.55. The van der Waals surface area contributed by atoms with Gasteiger partial charge in [-0.3, -0.25) is 0 Å². The highest BCUT2D eigenvalue weighted by Gasteiger charge is 2.18. The van der Waals surface area contributed by atoms with E-state index in [-0.39, 0.29) is 17.3 Å². The summed E-state index contributed by atoms with van der Waals surface area (Å²) in [5.74, 6) is 5.69. The zero-order valence-electron chi connectivity index (χ0n) is 15.1. The molecule has 9 nitrogen and oxygen atoms in total. The Balaban J connectivity index is 1.91. The summed E-state index contributed by atoms with van der Waals surface area (Å²) in [5, 5.41) is 22.2. The molecule has 2 aromatic heterocycles. The predicted octanol–water partition coefficient (Wildman–Crippen LogP) is 2.39. The number of nitrogens with zero attached hydrogens (tertiary/aromatic N) is 7. The van der Waals surface area contributed by atoms with Crippen molar-refractivity contribution in [1.29, 1.82) is 5.26 Å². The van der Waals surface area contributed by atoms with Gasteiger partial charge in [0.1, 0.15) is 29.4 Å². The van der Waals surface area contributed by atoms with Crippen molar-refractivity contribution < 1.29 is 0 Å². The van der Waals surface area contributed by atoms with Crippen LogP contribution in [0, 0.1) is 11.3 Å². The van der Waals surface area contributed by atoms with Crippen molar-refractivity contribution in [3.63, 3.8) is 0 Å². The molecule has 4 aromatic rings. The second-order valence-electron chi connectivity index (χ2n) is 5.87. The van der Waals surface area contributed by atoms with E-state index < -0.39 is 0 Å². The largest absolute Gasteiger partial charge is 0.315 e. The Labute approximate surface area is 166 Å². The molecule has 0 bridgehead atoms. The maximum absolute atomic E-state index is 9.32. The smallest absolute Gasteiger partial charge is 0.272 e. The number of hydrogen-bond donors (Lipinski definition) is 2. The highest BCUT2D eigenvalue weighted by atomic mass is 15.4. The number of rotatable bonds is 5. The SMILES string of the molecule is N#Cc1cnn(-c2nnc(-c3ccccc3)c(-c3ccccc3)n2)c1N=CNN. The van der Waals surface area contributed by atoms with Crippen LogP contribution < -0.4 is 11.3 Å². The number of hydrazine groups is 1. The van der Waals surface area contributed by atoms with Crippen LogP contribution in [-0.2, 0) is 0 Å². The van der Waals surface area contributed by atoms with E-state index in [9.17, 15) is 5.26 Å². The predicted molar refractivity (Wildman–Crippen MR) is 108 cm³/mol. The van der Waals surface area contributed by atoms with Crippen LogP contribution in [0.3, 0.4) is 0 Å². The van der Waals surface area contributed by atoms with Gasteiger partial charge in [-0.2, -0.15) is 15.0 Å². The highest BCUT2D eigenvalue weighted by Crippen LogP contribution is 2.29. The summed E-state index contributed by atoms with van der Waals surface area (Å²) in [5.41, 5.74) is 5.61. The summed E-state index contributed by atoms with van der Waals surface area (Å²) < 4.78 is 1.35. The molecular formula is C20H15N9. The minimum atomic E-state index is 0.189. The summed E-state index contributed by atoms with van der Waals surface area (Å²) in [6.45, 7) is 0. The molecule has 2 aromatic carbocycles. The molecule has 0 unspecified atom stereocenters. The second kappa shape index (κ2) is 8.08. The minimum absolute atomic E-state index is 0.189. The van der Waals surface area contributed by atoms with E-state index in [2.05, 4.69) is 25.7 Å². The lowest BCUT2D eigenvalue weighted by molar-refractivity contribution is 0.778. The maximum atomic E-state index is 9.32. The molecule has 3 N–H and O–H groups in total. The van der Waals surface area contributed by atoms with E-state index in [0.717, 1.165) is 11.1 Å². The molecule has 0 saturated carbocycles. The first kappa shape index (κ1) is 18.0. The molecule has 2 heterocycles. The van der Waals surface area contributed by atoms with Gasteiger partial charge in [-0.1, -0.05) is 60.7 Å². The topological polar surface area (TPSA) is 131 Å². The van der Waals surface area contributed by atoms with E-state index in [4.69, 9.17) is 10.8 Å². The first-order chi connectivity index (χ1) is 14.3. The van der Waals surface area contributed by atoms with Crippen LogP contribution in [0.2, 0.25) is 0 Å². The van der Waals surface area contributed by atoms with Crippen LogP contribution in [-0.4, -0.2) is 31.3 Å². The van der Waals surface area contributed by atoms with Crippen molar-refractivity contribution in [3.05, 3.63) is 72.4 Å². The van der Waals surface area contributed by atoms with Crippen LogP contribution >= 0.6 is 0 Å². The number of nitrogens with one attached hydrogen (secondary N) is 1. The molecule has 0 aliphatic rings.